The minimum Gasteiger partial charge on any atom is -0.493 e. The SMILES string of the molecule is COc1cc2ncc3c(-c4ccc(F)cc4)n[nH]c3c2cc1OC. The van der Waals surface area contributed by atoms with Crippen molar-refractivity contribution in [1.29, 1.82) is 0 Å². The van der Waals surface area contributed by atoms with E-state index >= 15 is 0 Å². The number of pyridine rings is 1. The highest BCUT2D eigenvalue weighted by Gasteiger charge is 2.14. The molecule has 2 aromatic carbocycles. The molecule has 0 unspecified atom stereocenters. The van der Waals surface area contributed by atoms with Crippen LogP contribution in [-0.2, 0) is 0 Å². The second-order valence-electron chi connectivity index (χ2n) is 5.35. The summed E-state index contributed by atoms with van der Waals surface area (Å²) < 4.78 is 23.8. The molecule has 0 saturated carbocycles. The molecule has 0 bridgehead atoms. The molecule has 0 atom stereocenters. The van der Waals surface area contributed by atoms with Crippen molar-refractivity contribution in [3.8, 4) is 22.8 Å². The molecule has 0 amide bonds. The van der Waals surface area contributed by atoms with E-state index in [1.807, 2.05) is 12.1 Å². The number of fused-ring (bicyclic) bond motifs is 3. The van der Waals surface area contributed by atoms with Gasteiger partial charge < -0.3 is 9.47 Å². The summed E-state index contributed by atoms with van der Waals surface area (Å²) >= 11 is 0. The first-order valence-electron chi connectivity index (χ1n) is 7.36. The quantitative estimate of drug-likeness (QED) is 0.620. The maximum Gasteiger partial charge on any atom is 0.162 e. The van der Waals surface area contributed by atoms with Crippen LogP contribution in [0.15, 0.2) is 42.6 Å². The van der Waals surface area contributed by atoms with Crippen molar-refractivity contribution in [2.24, 2.45) is 0 Å². The molecule has 120 valence electrons. The van der Waals surface area contributed by atoms with Crippen molar-refractivity contribution in [2.45, 2.75) is 0 Å². The molecular formula is C18H14FN3O2. The number of ether oxygens (including phenoxy) is 2. The van der Waals surface area contributed by atoms with Crippen LogP contribution in [0.4, 0.5) is 4.39 Å². The molecule has 0 aliphatic heterocycles. The van der Waals surface area contributed by atoms with E-state index < -0.39 is 0 Å². The van der Waals surface area contributed by atoms with Crippen LogP contribution >= 0.6 is 0 Å². The van der Waals surface area contributed by atoms with E-state index in [0.29, 0.717) is 11.5 Å². The van der Waals surface area contributed by atoms with Crippen LogP contribution in [0.1, 0.15) is 0 Å². The van der Waals surface area contributed by atoms with Crippen molar-refractivity contribution in [3.05, 3.63) is 48.4 Å². The molecule has 4 aromatic rings. The highest BCUT2D eigenvalue weighted by molar-refractivity contribution is 6.08. The van der Waals surface area contributed by atoms with E-state index in [2.05, 4.69) is 15.2 Å². The molecule has 24 heavy (non-hydrogen) atoms. The number of hydrogen-bond acceptors (Lipinski definition) is 4. The molecule has 0 spiro atoms. The number of nitrogens with one attached hydrogen (secondary N) is 1. The van der Waals surface area contributed by atoms with Gasteiger partial charge in [-0.05, 0) is 30.3 Å². The third kappa shape index (κ3) is 2.15. The smallest absolute Gasteiger partial charge is 0.162 e. The molecule has 4 rings (SSSR count). The number of nitrogens with zero attached hydrogens (tertiary/aromatic N) is 2. The Morgan fingerprint density at radius 2 is 1.67 bits per heavy atom. The van der Waals surface area contributed by atoms with Crippen LogP contribution in [0, 0.1) is 5.82 Å². The lowest BCUT2D eigenvalue weighted by atomic mass is 10.1. The first-order chi connectivity index (χ1) is 11.7. The second kappa shape index (κ2) is 5.49. The third-order valence-electron chi connectivity index (χ3n) is 4.03. The summed E-state index contributed by atoms with van der Waals surface area (Å²) in [4.78, 5) is 4.50. The minimum atomic E-state index is -0.279. The Balaban J connectivity index is 1.98. The number of halogens is 1. The fourth-order valence-corrected chi connectivity index (χ4v) is 2.82. The predicted octanol–water partition coefficient (Wildman–Crippen LogP) is 3.93. The summed E-state index contributed by atoms with van der Waals surface area (Å²) in [6.07, 6.45) is 1.76. The monoisotopic (exact) mass is 323 g/mol. The summed E-state index contributed by atoms with van der Waals surface area (Å²) in [7, 11) is 3.18. The van der Waals surface area contributed by atoms with E-state index in [0.717, 1.165) is 33.1 Å². The van der Waals surface area contributed by atoms with Crippen molar-refractivity contribution in [1.82, 2.24) is 15.2 Å². The molecule has 2 aromatic heterocycles. The Labute approximate surface area is 137 Å². The molecule has 0 fully saturated rings. The number of methoxy groups -OCH3 is 2. The normalized spacial score (nSPS) is 11.1. The van der Waals surface area contributed by atoms with Gasteiger partial charge in [-0.25, -0.2) is 4.39 Å². The molecule has 2 heterocycles. The summed E-state index contributed by atoms with van der Waals surface area (Å²) in [5.74, 6) is 0.964. The lowest BCUT2D eigenvalue weighted by Gasteiger charge is -2.09. The first-order valence-corrected chi connectivity index (χ1v) is 7.36. The lowest BCUT2D eigenvalue weighted by Crippen LogP contribution is -1.92. The number of rotatable bonds is 3. The number of hydrogen-bond donors (Lipinski definition) is 1. The zero-order valence-electron chi connectivity index (χ0n) is 13.1. The first kappa shape index (κ1) is 14.4. The Kier molecular flexibility index (Phi) is 3.30. The van der Waals surface area contributed by atoms with Gasteiger partial charge in [0.1, 0.15) is 11.5 Å². The molecule has 0 aliphatic rings. The van der Waals surface area contributed by atoms with Gasteiger partial charge in [-0.2, -0.15) is 5.10 Å². The highest BCUT2D eigenvalue weighted by atomic mass is 19.1. The Hall–Kier alpha value is -3.15. The van der Waals surface area contributed by atoms with Gasteiger partial charge in [0.25, 0.3) is 0 Å². The van der Waals surface area contributed by atoms with Crippen LogP contribution < -0.4 is 9.47 Å². The van der Waals surface area contributed by atoms with Crippen molar-refractivity contribution >= 4 is 21.8 Å². The van der Waals surface area contributed by atoms with Gasteiger partial charge in [-0.3, -0.25) is 10.1 Å². The standard InChI is InChI=1S/C18H14FN3O2/c1-23-15-7-12-14(8-16(15)24-2)20-9-13-17(21-22-18(12)13)10-3-5-11(19)6-4-10/h3-9H,1-2H3,(H,21,22). The van der Waals surface area contributed by atoms with Crippen LogP contribution in [-0.4, -0.2) is 29.4 Å². The van der Waals surface area contributed by atoms with Crippen LogP contribution in [0.2, 0.25) is 0 Å². The lowest BCUT2D eigenvalue weighted by molar-refractivity contribution is 0.356. The van der Waals surface area contributed by atoms with E-state index in [4.69, 9.17) is 9.47 Å². The van der Waals surface area contributed by atoms with Gasteiger partial charge in [0.05, 0.1) is 25.3 Å². The van der Waals surface area contributed by atoms with Crippen LogP contribution in [0.3, 0.4) is 0 Å². The molecule has 1 N–H and O–H groups in total. The Morgan fingerprint density at radius 1 is 0.958 bits per heavy atom. The van der Waals surface area contributed by atoms with Gasteiger partial charge in [-0.1, -0.05) is 0 Å². The van der Waals surface area contributed by atoms with Gasteiger partial charge in [0.15, 0.2) is 11.5 Å². The van der Waals surface area contributed by atoms with E-state index in [1.165, 1.54) is 12.1 Å². The maximum atomic E-state index is 13.1. The van der Waals surface area contributed by atoms with E-state index in [1.54, 1.807) is 32.5 Å². The number of benzene rings is 2. The average molecular weight is 323 g/mol. The number of aromatic nitrogens is 3. The summed E-state index contributed by atoms with van der Waals surface area (Å²) in [5, 5.41) is 9.18. The summed E-state index contributed by atoms with van der Waals surface area (Å²) in [6.45, 7) is 0. The molecule has 6 heteroatoms. The molecular weight excluding hydrogens is 309 g/mol. The van der Waals surface area contributed by atoms with Crippen molar-refractivity contribution in [2.75, 3.05) is 14.2 Å². The predicted molar refractivity (Wildman–Crippen MR) is 89.9 cm³/mol. The number of H-pyrrole nitrogens is 1. The Morgan fingerprint density at radius 3 is 2.38 bits per heavy atom. The molecule has 0 radical (unpaired) electrons. The molecule has 5 nitrogen and oxygen atoms in total. The zero-order valence-corrected chi connectivity index (χ0v) is 13.1. The van der Waals surface area contributed by atoms with Crippen molar-refractivity contribution < 1.29 is 13.9 Å². The van der Waals surface area contributed by atoms with Crippen LogP contribution in [0.5, 0.6) is 11.5 Å². The maximum absolute atomic E-state index is 13.1. The molecule has 0 aliphatic carbocycles. The topological polar surface area (TPSA) is 60.0 Å². The van der Waals surface area contributed by atoms with Crippen LogP contribution in [0.25, 0.3) is 33.1 Å². The zero-order chi connectivity index (χ0) is 16.7. The third-order valence-corrected chi connectivity index (χ3v) is 4.03. The van der Waals surface area contributed by atoms with Crippen molar-refractivity contribution in [3.63, 3.8) is 0 Å². The van der Waals surface area contributed by atoms with E-state index in [9.17, 15) is 4.39 Å². The van der Waals surface area contributed by atoms with Gasteiger partial charge >= 0.3 is 0 Å². The summed E-state index contributed by atoms with van der Waals surface area (Å²) in [6, 6.07) is 9.92. The summed E-state index contributed by atoms with van der Waals surface area (Å²) in [5.41, 5.74) is 3.17. The largest absolute Gasteiger partial charge is 0.493 e. The highest BCUT2D eigenvalue weighted by Crippen LogP contribution is 2.36. The minimum absolute atomic E-state index is 0.279. The fraction of sp³-hybridized carbons (Fsp3) is 0.111. The Bertz CT molecular complexity index is 1040. The molecule has 0 saturated heterocycles. The fourth-order valence-electron chi connectivity index (χ4n) is 2.82. The van der Waals surface area contributed by atoms with E-state index in [-0.39, 0.29) is 5.82 Å². The second-order valence-corrected chi connectivity index (χ2v) is 5.35. The number of aromatic amines is 1. The van der Waals surface area contributed by atoms with Gasteiger partial charge in [-0.15, -0.1) is 0 Å². The average Bonchev–Trinajstić information content (AvgIpc) is 3.05. The van der Waals surface area contributed by atoms with Gasteiger partial charge in [0, 0.05) is 28.6 Å². The van der Waals surface area contributed by atoms with Gasteiger partial charge in [0.2, 0.25) is 0 Å².